The molecular formula is C15H11BrF2N2. The number of halogens is 3. The fourth-order valence-electron chi connectivity index (χ4n) is 1.89. The van der Waals surface area contributed by atoms with E-state index in [-0.39, 0.29) is 17.4 Å². The van der Waals surface area contributed by atoms with Crippen molar-refractivity contribution in [1.29, 1.82) is 5.26 Å². The van der Waals surface area contributed by atoms with Crippen molar-refractivity contribution in [3.8, 4) is 6.07 Å². The Morgan fingerprint density at radius 1 is 1.20 bits per heavy atom. The van der Waals surface area contributed by atoms with Crippen LogP contribution in [0.2, 0.25) is 0 Å². The van der Waals surface area contributed by atoms with Crippen LogP contribution in [-0.4, -0.2) is 0 Å². The molecule has 1 atom stereocenters. The Bertz CT molecular complexity index is 680. The lowest BCUT2D eigenvalue weighted by Gasteiger charge is -2.17. The number of hydrogen-bond acceptors (Lipinski definition) is 2. The highest BCUT2D eigenvalue weighted by Crippen LogP contribution is 2.26. The average molecular weight is 337 g/mol. The molecule has 1 unspecified atom stereocenters. The van der Waals surface area contributed by atoms with E-state index >= 15 is 0 Å². The van der Waals surface area contributed by atoms with Gasteiger partial charge in [0, 0.05) is 10.0 Å². The number of nitriles is 1. The summed E-state index contributed by atoms with van der Waals surface area (Å²) in [6.07, 6.45) is 0. The molecule has 0 fully saturated rings. The topological polar surface area (TPSA) is 35.8 Å². The largest absolute Gasteiger partial charge is 0.377 e. The van der Waals surface area contributed by atoms with E-state index in [0.29, 0.717) is 11.3 Å². The van der Waals surface area contributed by atoms with Crippen molar-refractivity contribution in [2.45, 2.75) is 13.0 Å². The van der Waals surface area contributed by atoms with Crippen LogP contribution in [0.1, 0.15) is 24.1 Å². The third-order valence-electron chi connectivity index (χ3n) is 2.90. The molecule has 0 aliphatic carbocycles. The molecule has 0 saturated carbocycles. The van der Waals surface area contributed by atoms with Gasteiger partial charge >= 0.3 is 0 Å². The molecule has 0 aliphatic rings. The highest BCUT2D eigenvalue weighted by atomic mass is 79.9. The first-order chi connectivity index (χ1) is 9.51. The maximum atomic E-state index is 13.8. The monoisotopic (exact) mass is 336 g/mol. The minimum absolute atomic E-state index is 0.187. The molecule has 0 aliphatic heterocycles. The Kier molecular flexibility index (Phi) is 4.35. The second kappa shape index (κ2) is 6.02. The van der Waals surface area contributed by atoms with E-state index in [9.17, 15) is 8.78 Å². The molecule has 2 aromatic rings. The predicted octanol–water partition coefficient (Wildman–Crippen LogP) is 4.77. The van der Waals surface area contributed by atoms with Crippen molar-refractivity contribution >= 4 is 21.6 Å². The van der Waals surface area contributed by atoms with Crippen LogP contribution in [0.25, 0.3) is 0 Å². The quantitative estimate of drug-likeness (QED) is 0.876. The molecule has 0 saturated heterocycles. The van der Waals surface area contributed by atoms with Gasteiger partial charge in [-0.3, -0.25) is 0 Å². The summed E-state index contributed by atoms with van der Waals surface area (Å²) in [5.41, 5.74) is 1.13. The Hall–Kier alpha value is -1.93. The van der Waals surface area contributed by atoms with Crippen LogP contribution in [0.5, 0.6) is 0 Å². The summed E-state index contributed by atoms with van der Waals surface area (Å²) in [7, 11) is 0. The van der Waals surface area contributed by atoms with Gasteiger partial charge in [-0.1, -0.05) is 15.9 Å². The number of hydrogen-bond donors (Lipinski definition) is 1. The maximum Gasteiger partial charge on any atom is 0.128 e. The average Bonchev–Trinajstić information content (AvgIpc) is 2.43. The summed E-state index contributed by atoms with van der Waals surface area (Å²) >= 11 is 3.29. The number of nitrogens with zero attached hydrogens (tertiary/aromatic N) is 1. The van der Waals surface area contributed by atoms with E-state index in [2.05, 4.69) is 21.2 Å². The highest BCUT2D eigenvalue weighted by Gasteiger charge is 2.13. The van der Waals surface area contributed by atoms with Gasteiger partial charge in [0.1, 0.15) is 17.7 Å². The van der Waals surface area contributed by atoms with Crippen molar-refractivity contribution in [3.63, 3.8) is 0 Å². The predicted molar refractivity (Wildman–Crippen MR) is 77.3 cm³/mol. The number of nitrogens with one attached hydrogen (secondary N) is 1. The fraction of sp³-hybridized carbons (Fsp3) is 0.133. The van der Waals surface area contributed by atoms with Crippen LogP contribution in [-0.2, 0) is 0 Å². The molecule has 0 bridgehead atoms. The lowest BCUT2D eigenvalue weighted by Crippen LogP contribution is -2.10. The molecule has 5 heteroatoms. The minimum atomic E-state index is -0.478. The van der Waals surface area contributed by atoms with E-state index in [1.807, 2.05) is 6.07 Å². The Labute approximate surface area is 124 Å². The number of benzene rings is 2. The van der Waals surface area contributed by atoms with Crippen molar-refractivity contribution in [1.82, 2.24) is 0 Å². The van der Waals surface area contributed by atoms with Gasteiger partial charge in [-0.25, -0.2) is 8.78 Å². The number of rotatable bonds is 3. The smallest absolute Gasteiger partial charge is 0.128 e. The third-order valence-corrected chi connectivity index (χ3v) is 3.39. The summed E-state index contributed by atoms with van der Waals surface area (Å²) in [5, 5.41) is 12.0. The lowest BCUT2D eigenvalue weighted by atomic mass is 10.1. The molecule has 0 radical (unpaired) electrons. The molecule has 2 aromatic carbocycles. The Morgan fingerprint density at radius 2 is 1.95 bits per heavy atom. The van der Waals surface area contributed by atoms with Crippen LogP contribution in [0.4, 0.5) is 14.5 Å². The number of anilines is 1. The van der Waals surface area contributed by atoms with Crippen LogP contribution >= 0.6 is 15.9 Å². The van der Waals surface area contributed by atoms with Crippen molar-refractivity contribution in [2.24, 2.45) is 0 Å². The van der Waals surface area contributed by atoms with Crippen molar-refractivity contribution < 1.29 is 8.78 Å². The molecule has 102 valence electrons. The van der Waals surface area contributed by atoms with Crippen LogP contribution < -0.4 is 5.32 Å². The maximum absolute atomic E-state index is 13.8. The summed E-state index contributed by atoms with van der Waals surface area (Å²) in [6, 6.07) is 10.1. The van der Waals surface area contributed by atoms with Gasteiger partial charge in [0.15, 0.2) is 0 Å². The minimum Gasteiger partial charge on any atom is -0.377 e. The first kappa shape index (κ1) is 14.5. The Morgan fingerprint density at radius 3 is 2.65 bits per heavy atom. The van der Waals surface area contributed by atoms with Gasteiger partial charge in [0.05, 0.1) is 17.3 Å². The molecule has 0 spiro atoms. The van der Waals surface area contributed by atoms with Crippen LogP contribution in [0.15, 0.2) is 40.9 Å². The third kappa shape index (κ3) is 3.14. The van der Waals surface area contributed by atoms with Crippen LogP contribution in [0, 0.1) is 23.0 Å². The van der Waals surface area contributed by atoms with Gasteiger partial charge in [-0.2, -0.15) is 5.26 Å². The van der Waals surface area contributed by atoms with Crippen LogP contribution in [0.3, 0.4) is 0 Å². The zero-order valence-corrected chi connectivity index (χ0v) is 12.2. The first-order valence-corrected chi connectivity index (χ1v) is 6.71. The molecule has 20 heavy (non-hydrogen) atoms. The molecular weight excluding hydrogens is 326 g/mol. The summed E-state index contributed by atoms with van der Waals surface area (Å²) in [6.45, 7) is 1.77. The molecule has 1 N–H and O–H groups in total. The molecule has 2 rings (SSSR count). The second-order valence-electron chi connectivity index (χ2n) is 4.33. The van der Waals surface area contributed by atoms with Gasteiger partial charge < -0.3 is 5.32 Å². The first-order valence-electron chi connectivity index (χ1n) is 5.92. The molecule has 0 heterocycles. The summed E-state index contributed by atoms with van der Waals surface area (Å²) in [5.74, 6) is -0.817. The molecule has 0 amide bonds. The molecule has 0 aromatic heterocycles. The summed E-state index contributed by atoms with van der Waals surface area (Å²) in [4.78, 5) is 0. The lowest BCUT2D eigenvalue weighted by molar-refractivity contribution is 0.599. The van der Waals surface area contributed by atoms with Crippen molar-refractivity contribution in [2.75, 3.05) is 5.32 Å². The second-order valence-corrected chi connectivity index (χ2v) is 5.25. The van der Waals surface area contributed by atoms with Gasteiger partial charge in [-0.05, 0) is 43.3 Å². The standard InChI is InChI=1S/C15H11BrF2N2/c1-9(13-7-11(16)2-4-14(13)18)20-15-5-3-12(17)6-10(15)8-19/h2-7,9,20H,1H3. The zero-order valence-electron chi connectivity index (χ0n) is 10.6. The Balaban J connectivity index is 2.30. The van der Waals surface area contributed by atoms with Crippen molar-refractivity contribution in [3.05, 3.63) is 63.6 Å². The SMILES string of the molecule is CC(Nc1ccc(F)cc1C#N)c1cc(Br)ccc1F. The van der Waals surface area contributed by atoms with Gasteiger partial charge in [0.2, 0.25) is 0 Å². The molecule has 2 nitrogen and oxygen atoms in total. The van der Waals surface area contributed by atoms with Gasteiger partial charge in [0.25, 0.3) is 0 Å². The highest BCUT2D eigenvalue weighted by molar-refractivity contribution is 9.10. The van der Waals surface area contributed by atoms with E-state index in [4.69, 9.17) is 5.26 Å². The van der Waals surface area contributed by atoms with E-state index < -0.39 is 5.82 Å². The normalized spacial score (nSPS) is 11.8. The van der Waals surface area contributed by atoms with E-state index in [1.165, 1.54) is 18.2 Å². The summed E-state index contributed by atoms with van der Waals surface area (Å²) < 4.78 is 27.6. The van der Waals surface area contributed by atoms with Gasteiger partial charge in [-0.15, -0.1) is 0 Å². The fourth-order valence-corrected chi connectivity index (χ4v) is 2.27. The van der Waals surface area contributed by atoms with E-state index in [1.54, 1.807) is 19.1 Å². The van der Waals surface area contributed by atoms with E-state index in [0.717, 1.165) is 10.5 Å². The zero-order chi connectivity index (χ0) is 14.7.